The van der Waals surface area contributed by atoms with Crippen molar-refractivity contribution in [3.8, 4) is 0 Å². The van der Waals surface area contributed by atoms with Gasteiger partial charge in [-0.1, -0.05) is 41.4 Å². The van der Waals surface area contributed by atoms with Gasteiger partial charge in [-0.25, -0.2) is 9.97 Å². The van der Waals surface area contributed by atoms with Crippen LogP contribution in [0, 0.1) is 6.92 Å². The van der Waals surface area contributed by atoms with Gasteiger partial charge in [0.1, 0.15) is 11.5 Å². The highest BCUT2D eigenvalue weighted by Crippen LogP contribution is 2.25. The van der Waals surface area contributed by atoms with E-state index in [1.54, 1.807) is 6.07 Å². The molecule has 7 heteroatoms. The van der Waals surface area contributed by atoms with Crippen molar-refractivity contribution in [2.45, 2.75) is 26.4 Å². The molecule has 35 heavy (non-hydrogen) atoms. The second-order valence-electron chi connectivity index (χ2n) is 9.04. The van der Waals surface area contributed by atoms with Gasteiger partial charge in [0.15, 0.2) is 0 Å². The minimum absolute atomic E-state index is 0.225. The van der Waals surface area contributed by atoms with E-state index in [1.807, 2.05) is 42.5 Å². The maximum Gasteiger partial charge on any atom is 0.270 e. The predicted octanol–water partition coefficient (Wildman–Crippen LogP) is 5.24. The molecule has 5 rings (SSSR count). The van der Waals surface area contributed by atoms with Gasteiger partial charge in [0, 0.05) is 42.9 Å². The Balaban J connectivity index is 1.26. The quantitative estimate of drug-likeness (QED) is 0.419. The summed E-state index contributed by atoms with van der Waals surface area (Å²) >= 11 is 6.02. The second kappa shape index (κ2) is 9.92. The zero-order valence-electron chi connectivity index (χ0n) is 19.9. The molecule has 1 saturated heterocycles. The average molecular weight is 486 g/mol. The van der Waals surface area contributed by atoms with Crippen LogP contribution in [0.2, 0.25) is 5.02 Å². The van der Waals surface area contributed by atoms with E-state index in [9.17, 15) is 4.79 Å². The van der Waals surface area contributed by atoms with E-state index in [2.05, 4.69) is 58.2 Å². The molecule has 1 aliphatic heterocycles. The summed E-state index contributed by atoms with van der Waals surface area (Å²) in [7, 11) is 0. The number of carbonyl (C=O) groups excluding carboxylic acids is 1. The maximum atomic E-state index is 12.6. The van der Waals surface area contributed by atoms with E-state index in [-0.39, 0.29) is 5.91 Å². The summed E-state index contributed by atoms with van der Waals surface area (Å²) in [5.41, 5.74) is 5.33. The van der Waals surface area contributed by atoms with Crippen molar-refractivity contribution in [1.82, 2.24) is 15.3 Å². The largest absolute Gasteiger partial charge is 0.365 e. The van der Waals surface area contributed by atoms with Crippen molar-refractivity contribution in [2.24, 2.45) is 0 Å². The molecule has 1 unspecified atom stereocenters. The minimum Gasteiger partial charge on any atom is -0.365 e. The molecule has 1 aliphatic rings. The number of nitrogens with one attached hydrogen (secondary N) is 1. The number of carbonyl (C=O) groups is 1. The molecular weight excluding hydrogens is 458 g/mol. The highest BCUT2D eigenvalue weighted by atomic mass is 35.5. The number of benzene rings is 2. The summed E-state index contributed by atoms with van der Waals surface area (Å²) in [5.74, 6) is 0.713. The Kier molecular flexibility index (Phi) is 6.55. The monoisotopic (exact) mass is 485 g/mol. The molecule has 0 saturated carbocycles. The van der Waals surface area contributed by atoms with E-state index >= 15 is 0 Å². The van der Waals surface area contributed by atoms with E-state index in [1.165, 1.54) is 11.3 Å². The van der Waals surface area contributed by atoms with Crippen molar-refractivity contribution in [3.63, 3.8) is 0 Å². The van der Waals surface area contributed by atoms with Crippen LogP contribution in [0.3, 0.4) is 0 Å². The minimum atomic E-state index is -0.225. The summed E-state index contributed by atoms with van der Waals surface area (Å²) in [4.78, 5) is 26.8. The van der Waals surface area contributed by atoms with Crippen LogP contribution >= 0.6 is 11.6 Å². The Morgan fingerprint density at radius 3 is 2.54 bits per heavy atom. The Bertz CT molecular complexity index is 1360. The molecule has 6 nitrogen and oxygen atoms in total. The zero-order valence-corrected chi connectivity index (χ0v) is 20.7. The van der Waals surface area contributed by atoms with Crippen LogP contribution < -0.4 is 15.1 Å². The first kappa shape index (κ1) is 23.1. The van der Waals surface area contributed by atoms with Gasteiger partial charge in [0.05, 0.1) is 11.0 Å². The van der Waals surface area contributed by atoms with Gasteiger partial charge in [-0.05, 0) is 67.9 Å². The number of aryl methyl sites for hydroxylation is 1. The van der Waals surface area contributed by atoms with Gasteiger partial charge in [-0.15, -0.1) is 0 Å². The average Bonchev–Trinajstić information content (AvgIpc) is 2.87. The first-order valence-corrected chi connectivity index (χ1v) is 12.2. The number of nitrogens with zero attached hydrogens (tertiary/aromatic N) is 4. The molecule has 4 aromatic rings. The fraction of sp³-hybridized carbons (Fsp3) is 0.250. The second-order valence-corrected chi connectivity index (χ2v) is 9.48. The molecule has 178 valence electrons. The van der Waals surface area contributed by atoms with Crippen molar-refractivity contribution in [3.05, 3.63) is 94.6 Å². The maximum absolute atomic E-state index is 12.6. The van der Waals surface area contributed by atoms with Gasteiger partial charge < -0.3 is 15.1 Å². The first-order chi connectivity index (χ1) is 17.0. The lowest BCUT2D eigenvalue weighted by molar-refractivity contribution is 0.0946. The number of aromatic nitrogens is 2. The normalized spacial score (nSPS) is 15.9. The molecule has 2 aromatic carbocycles. The number of fused-ring (bicyclic) bond motifs is 1. The van der Waals surface area contributed by atoms with Crippen molar-refractivity contribution in [2.75, 3.05) is 29.4 Å². The standard InChI is InChI=1S/C28H28ClN5O/c1-19-6-8-23(9-7-19)34-15-14-33(18-20(34)2)27-13-12-24-25(32-27)10-11-26(31-24)28(35)30-17-21-4-3-5-22(29)16-21/h3-13,16,20H,14-15,17-18H2,1-2H3,(H,30,35). The number of piperazine rings is 1. The number of rotatable bonds is 5. The Labute approximate surface area is 210 Å². The van der Waals surface area contributed by atoms with E-state index in [0.29, 0.717) is 28.8 Å². The van der Waals surface area contributed by atoms with Crippen LogP contribution in [-0.2, 0) is 6.54 Å². The molecule has 1 N–H and O–H groups in total. The van der Waals surface area contributed by atoms with E-state index in [0.717, 1.165) is 36.5 Å². The van der Waals surface area contributed by atoms with Gasteiger partial charge in [-0.3, -0.25) is 4.79 Å². The summed E-state index contributed by atoms with van der Waals surface area (Å²) in [6.07, 6.45) is 0. The lowest BCUT2D eigenvalue weighted by Crippen LogP contribution is -2.52. The van der Waals surface area contributed by atoms with Crippen molar-refractivity contribution >= 4 is 40.0 Å². The van der Waals surface area contributed by atoms with Gasteiger partial charge in [0.2, 0.25) is 0 Å². The summed E-state index contributed by atoms with van der Waals surface area (Å²) < 4.78 is 0. The third kappa shape index (κ3) is 5.23. The van der Waals surface area contributed by atoms with Crippen LogP contribution in [0.5, 0.6) is 0 Å². The third-order valence-corrected chi connectivity index (χ3v) is 6.65. The summed E-state index contributed by atoms with van der Waals surface area (Å²) in [5, 5.41) is 3.55. The highest BCUT2D eigenvalue weighted by Gasteiger charge is 2.25. The van der Waals surface area contributed by atoms with Crippen molar-refractivity contribution < 1.29 is 4.79 Å². The number of anilines is 2. The SMILES string of the molecule is Cc1ccc(N2CCN(c3ccc4nc(C(=O)NCc5cccc(Cl)c5)ccc4n3)CC2C)cc1. The van der Waals surface area contributed by atoms with Gasteiger partial charge >= 0.3 is 0 Å². The number of halogens is 1. The van der Waals surface area contributed by atoms with Crippen LogP contribution in [-0.4, -0.2) is 41.6 Å². The molecule has 2 aromatic heterocycles. The lowest BCUT2D eigenvalue weighted by atomic mass is 10.1. The lowest BCUT2D eigenvalue weighted by Gasteiger charge is -2.41. The molecular formula is C28H28ClN5O. The first-order valence-electron chi connectivity index (χ1n) is 11.8. The Morgan fingerprint density at radius 2 is 1.77 bits per heavy atom. The van der Waals surface area contributed by atoms with Crippen LogP contribution in [0.25, 0.3) is 11.0 Å². The number of amides is 1. The number of hydrogen-bond acceptors (Lipinski definition) is 5. The molecule has 3 heterocycles. The zero-order chi connectivity index (χ0) is 24.4. The fourth-order valence-corrected chi connectivity index (χ4v) is 4.72. The topological polar surface area (TPSA) is 61.4 Å². The fourth-order valence-electron chi connectivity index (χ4n) is 4.51. The van der Waals surface area contributed by atoms with E-state index < -0.39 is 0 Å². The predicted molar refractivity (Wildman–Crippen MR) is 142 cm³/mol. The van der Waals surface area contributed by atoms with E-state index in [4.69, 9.17) is 16.6 Å². The molecule has 0 bridgehead atoms. The smallest absolute Gasteiger partial charge is 0.270 e. The molecule has 1 fully saturated rings. The molecule has 0 aliphatic carbocycles. The molecule has 0 radical (unpaired) electrons. The Morgan fingerprint density at radius 1 is 1.00 bits per heavy atom. The molecule has 0 spiro atoms. The molecule has 1 atom stereocenters. The molecule has 1 amide bonds. The summed E-state index contributed by atoms with van der Waals surface area (Å²) in [6, 6.07) is 24.1. The number of hydrogen-bond donors (Lipinski definition) is 1. The van der Waals surface area contributed by atoms with Crippen LogP contribution in [0.15, 0.2) is 72.8 Å². The van der Waals surface area contributed by atoms with Crippen LogP contribution in [0.4, 0.5) is 11.5 Å². The van der Waals surface area contributed by atoms with Crippen LogP contribution in [0.1, 0.15) is 28.5 Å². The Hall–Kier alpha value is -3.64. The van der Waals surface area contributed by atoms with Gasteiger partial charge in [-0.2, -0.15) is 0 Å². The van der Waals surface area contributed by atoms with Crippen molar-refractivity contribution in [1.29, 1.82) is 0 Å². The summed E-state index contributed by atoms with van der Waals surface area (Å²) in [6.45, 7) is 7.49. The number of pyridine rings is 2. The van der Waals surface area contributed by atoms with Gasteiger partial charge in [0.25, 0.3) is 5.91 Å². The third-order valence-electron chi connectivity index (χ3n) is 6.42. The highest BCUT2D eigenvalue weighted by molar-refractivity contribution is 6.30.